The molecule has 174 valence electrons. The third-order valence-corrected chi connectivity index (χ3v) is 5.19. The zero-order chi connectivity index (χ0) is 23.8. The van der Waals surface area contributed by atoms with Gasteiger partial charge >= 0.3 is 6.18 Å². The van der Waals surface area contributed by atoms with Crippen molar-refractivity contribution in [2.24, 2.45) is 0 Å². The molecule has 0 aromatic carbocycles. The van der Waals surface area contributed by atoms with Gasteiger partial charge < -0.3 is 16.0 Å². The molecule has 0 aliphatic carbocycles. The quantitative estimate of drug-likeness (QED) is 0.549. The predicted octanol–water partition coefficient (Wildman–Crippen LogP) is 4.67. The Bertz CT molecular complexity index is 1070. The second-order valence-corrected chi connectivity index (χ2v) is 7.41. The zero-order valence-electron chi connectivity index (χ0n) is 18.1. The van der Waals surface area contributed by atoms with Gasteiger partial charge in [0.1, 0.15) is 5.69 Å². The second-order valence-electron chi connectivity index (χ2n) is 7.41. The number of aldehydes is 1. The van der Waals surface area contributed by atoms with Gasteiger partial charge in [0.15, 0.2) is 6.29 Å². The first-order valence-electron chi connectivity index (χ1n) is 10.5. The van der Waals surface area contributed by atoms with E-state index in [1.165, 1.54) is 56.2 Å². The standard InChI is InChI=1S/C12H8F3N3O.C11H17N3/c13-12(14,15)7-1-3-9(17-5-7)10-4-2-8(16)11(6-19)18-10;1-12-10-9-13-6-5-11(10)14-7-3-2-4-8-14/h1-6H,16H2;5-6,9,12H,2-4,7-8H2,1H3. The van der Waals surface area contributed by atoms with Gasteiger partial charge in [0, 0.05) is 32.5 Å². The summed E-state index contributed by atoms with van der Waals surface area (Å²) < 4.78 is 37.1. The number of anilines is 3. The molecule has 1 aliphatic rings. The Morgan fingerprint density at radius 2 is 1.76 bits per heavy atom. The number of aromatic nitrogens is 3. The monoisotopic (exact) mass is 458 g/mol. The number of carbonyl (C=O) groups excluding carboxylic acids is 1. The highest BCUT2D eigenvalue weighted by Crippen LogP contribution is 2.30. The van der Waals surface area contributed by atoms with E-state index < -0.39 is 11.7 Å². The maximum Gasteiger partial charge on any atom is 0.417 e. The van der Waals surface area contributed by atoms with Crippen LogP contribution in [0.25, 0.3) is 11.4 Å². The van der Waals surface area contributed by atoms with Crippen LogP contribution in [0.4, 0.5) is 30.2 Å². The third-order valence-electron chi connectivity index (χ3n) is 5.19. The molecule has 0 spiro atoms. The Labute approximate surface area is 189 Å². The van der Waals surface area contributed by atoms with Crippen LogP contribution in [0, 0.1) is 0 Å². The number of nitrogens with one attached hydrogen (secondary N) is 1. The van der Waals surface area contributed by atoms with E-state index in [-0.39, 0.29) is 22.8 Å². The van der Waals surface area contributed by atoms with Crippen LogP contribution in [-0.4, -0.2) is 41.4 Å². The maximum absolute atomic E-state index is 12.4. The van der Waals surface area contributed by atoms with Crippen LogP contribution in [0.3, 0.4) is 0 Å². The molecule has 0 radical (unpaired) electrons. The lowest BCUT2D eigenvalue weighted by molar-refractivity contribution is -0.137. The first-order valence-corrected chi connectivity index (χ1v) is 10.5. The number of alkyl halides is 3. The van der Waals surface area contributed by atoms with Gasteiger partial charge in [-0.25, -0.2) is 4.98 Å². The Hall–Kier alpha value is -3.69. The third kappa shape index (κ3) is 6.18. The summed E-state index contributed by atoms with van der Waals surface area (Å²) in [6, 6.07) is 7.12. The summed E-state index contributed by atoms with van der Waals surface area (Å²) in [6.45, 7) is 2.36. The summed E-state index contributed by atoms with van der Waals surface area (Å²) >= 11 is 0. The van der Waals surface area contributed by atoms with Crippen LogP contribution in [-0.2, 0) is 6.18 Å². The van der Waals surface area contributed by atoms with Crippen LogP contribution in [0.1, 0.15) is 35.3 Å². The van der Waals surface area contributed by atoms with Gasteiger partial charge in [-0.1, -0.05) is 0 Å². The van der Waals surface area contributed by atoms with Gasteiger partial charge in [-0.2, -0.15) is 13.2 Å². The first-order chi connectivity index (χ1) is 15.8. The van der Waals surface area contributed by atoms with Crippen LogP contribution >= 0.6 is 0 Å². The lowest BCUT2D eigenvalue weighted by Gasteiger charge is -2.30. The average Bonchev–Trinajstić information content (AvgIpc) is 2.85. The van der Waals surface area contributed by atoms with Crippen molar-refractivity contribution in [2.75, 3.05) is 36.1 Å². The summed E-state index contributed by atoms with van der Waals surface area (Å²) in [6.07, 6.45) is 4.51. The minimum Gasteiger partial charge on any atom is -0.397 e. The number of hydrogen-bond donors (Lipinski definition) is 2. The van der Waals surface area contributed by atoms with Crippen molar-refractivity contribution in [1.82, 2.24) is 15.0 Å². The van der Waals surface area contributed by atoms with E-state index in [1.54, 1.807) is 0 Å². The Balaban J connectivity index is 0.000000194. The average molecular weight is 458 g/mol. The van der Waals surface area contributed by atoms with E-state index in [0.717, 1.165) is 11.8 Å². The smallest absolute Gasteiger partial charge is 0.397 e. The molecule has 0 atom stereocenters. The number of piperidine rings is 1. The Kier molecular flexibility index (Phi) is 7.81. The molecule has 3 N–H and O–H groups in total. The van der Waals surface area contributed by atoms with Crippen molar-refractivity contribution < 1.29 is 18.0 Å². The number of halogens is 3. The summed E-state index contributed by atoms with van der Waals surface area (Å²) in [5.74, 6) is 0. The molecule has 7 nitrogen and oxygen atoms in total. The number of nitrogens with zero attached hydrogens (tertiary/aromatic N) is 4. The van der Waals surface area contributed by atoms with Crippen molar-refractivity contribution in [3.05, 3.63) is 60.2 Å². The molecule has 4 heterocycles. The van der Waals surface area contributed by atoms with Gasteiger partial charge in [0.2, 0.25) is 0 Å². The van der Waals surface area contributed by atoms with Gasteiger partial charge in [0.05, 0.1) is 40.2 Å². The van der Waals surface area contributed by atoms with Crippen LogP contribution in [0.2, 0.25) is 0 Å². The molecule has 1 aliphatic heterocycles. The fourth-order valence-electron chi connectivity index (χ4n) is 3.43. The highest BCUT2D eigenvalue weighted by molar-refractivity contribution is 5.81. The summed E-state index contributed by atoms with van der Waals surface area (Å²) in [5.41, 5.74) is 7.82. The number of rotatable bonds is 4. The molecule has 0 saturated carbocycles. The number of nitrogen functional groups attached to an aromatic ring is 1. The molecule has 3 aromatic rings. The Morgan fingerprint density at radius 3 is 2.36 bits per heavy atom. The maximum atomic E-state index is 12.4. The lowest BCUT2D eigenvalue weighted by Crippen LogP contribution is -2.29. The SMILES string of the molecule is CNc1cnccc1N1CCCCC1.Nc1ccc(-c2ccc(C(F)(F)F)cn2)nc1C=O. The first kappa shape index (κ1) is 24.0. The van der Waals surface area contributed by atoms with Gasteiger partial charge in [-0.05, 0) is 49.6 Å². The predicted molar refractivity (Wildman–Crippen MR) is 122 cm³/mol. The highest BCUT2D eigenvalue weighted by atomic mass is 19.4. The van der Waals surface area contributed by atoms with Crippen LogP contribution in [0.15, 0.2) is 48.9 Å². The van der Waals surface area contributed by atoms with Crippen molar-refractivity contribution >= 4 is 23.3 Å². The molecule has 0 amide bonds. The molecular weight excluding hydrogens is 433 g/mol. The van der Waals surface area contributed by atoms with Crippen molar-refractivity contribution in [3.63, 3.8) is 0 Å². The van der Waals surface area contributed by atoms with E-state index in [0.29, 0.717) is 12.5 Å². The van der Waals surface area contributed by atoms with Crippen molar-refractivity contribution in [3.8, 4) is 11.4 Å². The van der Waals surface area contributed by atoms with Crippen LogP contribution in [0.5, 0.6) is 0 Å². The molecular formula is C23H25F3N6O. The van der Waals surface area contributed by atoms with E-state index in [4.69, 9.17) is 5.73 Å². The minimum atomic E-state index is -4.44. The van der Waals surface area contributed by atoms with E-state index in [1.807, 2.05) is 19.4 Å². The zero-order valence-corrected chi connectivity index (χ0v) is 18.1. The number of hydrogen-bond acceptors (Lipinski definition) is 7. The molecule has 10 heteroatoms. The van der Waals surface area contributed by atoms with Gasteiger partial charge in [-0.3, -0.25) is 14.8 Å². The largest absolute Gasteiger partial charge is 0.417 e. The summed E-state index contributed by atoms with van der Waals surface area (Å²) in [4.78, 5) is 24.8. The molecule has 0 bridgehead atoms. The second kappa shape index (κ2) is 10.8. The molecule has 33 heavy (non-hydrogen) atoms. The van der Waals surface area contributed by atoms with E-state index in [2.05, 4.69) is 31.2 Å². The molecule has 0 unspecified atom stereocenters. The summed E-state index contributed by atoms with van der Waals surface area (Å²) in [7, 11) is 1.95. The normalized spacial score (nSPS) is 13.6. The van der Waals surface area contributed by atoms with E-state index in [9.17, 15) is 18.0 Å². The van der Waals surface area contributed by atoms with E-state index >= 15 is 0 Å². The van der Waals surface area contributed by atoms with Crippen molar-refractivity contribution in [1.29, 1.82) is 0 Å². The molecule has 3 aromatic heterocycles. The van der Waals surface area contributed by atoms with Gasteiger partial charge in [-0.15, -0.1) is 0 Å². The fourth-order valence-corrected chi connectivity index (χ4v) is 3.43. The van der Waals surface area contributed by atoms with Crippen LogP contribution < -0.4 is 16.0 Å². The summed E-state index contributed by atoms with van der Waals surface area (Å²) in [5, 5.41) is 3.19. The highest BCUT2D eigenvalue weighted by Gasteiger charge is 2.30. The molecule has 1 saturated heterocycles. The number of pyridine rings is 3. The Morgan fingerprint density at radius 1 is 1.03 bits per heavy atom. The molecule has 1 fully saturated rings. The fraction of sp³-hybridized carbons (Fsp3) is 0.304. The minimum absolute atomic E-state index is 0.0270. The van der Waals surface area contributed by atoms with Gasteiger partial charge in [0.25, 0.3) is 0 Å². The van der Waals surface area contributed by atoms with Crippen molar-refractivity contribution in [2.45, 2.75) is 25.4 Å². The molecule has 4 rings (SSSR count). The number of nitrogens with two attached hydrogens (primary N) is 1. The number of carbonyl (C=O) groups is 1. The lowest BCUT2D eigenvalue weighted by atomic mass is 10.1. The topological polar surface area (TPSA) is 97.0 Å².